The van der Waals surface area contributed by atoms with Gasteiger partial charge in [-0.25, -0.2) is 14.6 Å². The Morgan fingerprint density at radius 3 is 2.67 bits per heavy atom. The van der Waals surface area contributed by atoms with E-state index >= 15 is 0 Å². The van der Waals surface area contributed by atoms with Crippen molar-refractivity contribution in [1.29, 1.82) is 0 Å². The van der Waals surface area contributed by atoms with Crippen LogP contribution in [0.4, 0.5) is 5.82 Å². The van der Waals surface area contributed by atoms with Crippen LogP contribution in [0.5, 0.6) is 0 Å². The number of benzene rings is 1. The van der Waals surface area contributed by atoms with E-state index in [0.29, 0.717) is 41.7 Å². The number of hydrogen-bond acceptors (Lipinski definition) is 6. The van der Waals surface area contributed by atoms with Crippen LogP contribution in [0.25, 0.3) is 22.0 Å². The highest BCUT2D eigenvalue weighted by Gasteiger charge is 2.15. The van der Waals surface area contributed by atoms with Crippen LogP contribution >= 0.6 is 0 Å². The lowest BCUT2D eigenvalue weighted by molar-refractivity contribution is 0.0817. The number of rotatable bonds is 7. The van der Waals surface area contributed by atoms with Crippen molar-refractivity contribution >= 4 is 31.1 Å². The van der Waals surface area contributed by atoms with Crippen molar-refractivity contribution in [2.45, 2.75) is 39.3 Å². The van der Waals surface area contributed by atoms with Gasteiger partial charge >= 0.3 is 0 Å². The van der Waals surface area contributed by atoms with E-state index in [0.717, 1.165) is 23.2 Å². The number of aldehydes is 1. The molecule has 0 aliphatic heterocycles. The number of nitrogens with two attached hydrogens (primary N) is 1. The van der Waals surface area contributed by atoms with Gasteiger partial charge in [0.1, 0.15) is 18.4 Å². The summed E-state index contributed by atoms with van der Waals surface area (Å²) in [4.78, 5) is 20.1. The second-order valence-corrected chi connectivity index (χ2v) is 13.4. The molecule has 0 bridgehead atoms. The SMILES string of the molecule is Cc1ncc(-c2cc3cnn(COCC[Si](C)(C)C)c3cc2C=O)c(N)n1. The number of ether oxygens (including phenoxy) is 1. The zero-order valence-electron chi connectivity index (χ0n) is 16.2. The maximum absolute atomic E-state index is 11.7. The number of aromatic nitrogens is 4. The van der Waals surface area contributed by atoms with Gasteiger partial charge in [0.2, 0.25) is 0 Å². The monoisotopic (exact) mass is 383 g/mol. The molecule has 2 aromatic heterocycles. The molecular weight excluding hydrogens is 358 g/mol. The second kappa shape index (κ2) is 7.57. The Bertz CT molecular complexity index is 978. The Morgan fingerprint density at radius 1 is 1.22 bits per heavy atom. The second-order valence-electron chi connectivity index (χ2n) is 7.82. The number of aryl methyl sites for hydroxylation is 1. The van der Waals surface area contributed by atoms with Gasteiger partial charge in [0.25, 0.3) is 0 Å². The summed E-state index contributed by atoms with van der Waals surface area (Å²) < 4.78 is 7.56. The first-order valence-corrected chi connectivity index (χ1v) is 12.6. The third-order valence-electron chi connectivity index (χ3n) is 4.38. The van der Waals surface area contributed by atoms with Crippen LogP contribution < -0.4 is 5.73 Å². The quantitative estimate of drug-likeness (QED) is 0.381. The molecule has 142 valence electrons. The molecule has 0 aliphatic carbocycles. The molecular formula is C19H25N5O2Si. The molecule has 0 aliphatic rings. The van der Waals surface area contributed by atoms with E-state index in [4.69, 9.17) is 10.5 Å². The van der Waals surface area contributed by atoms with Crippen molar-refractivity contribution in [2.24, 2.45) is 0 Å². The van der Waals surface area contributed by atoms with Gasteiger partial charge in [-0.2, -0.15) is 5.10 Å². The number of anilines is 1. The molecule has 2 heterocycles. The van der Waals surface area contributed by atoms with Gasteiger partial charge in [-0.15, -0.1) is 0 Å². The van der Waals surface area contributed by atoms with Gasteiger partial charge in [0.05, 0.1) is 11.7 Å². The highest BCUT2D eigenvalue weighted by Crippen LogP contribution is 2.30. The summed E-state index contributed by atoms with van der Waals surface area (Å²) >= 11 is 0. The maximum atomic E-state index is 11.7. The van der Waals surface area contributed by atoms with E-state index in [1.165, 1.54) is 0 Å². The Labute approximate surface area is 159 Å². The number of carbonyl (C=O) groups is 1. The van der Waals surface area contributed by atoms with Crippen molar-refractivity contribution in [3.05, 3.63) is 35.9 Å². The summed E-state index contributed by atoms with van der Waals surface area (Å²) in [6.07, 6.45) is 4.23. The van der Waals surface area contributed by atoms with Gasteiger partial charge in [-0.05, 0) is 30.7 Å². The fourth-order valence-electron chi connectivity index (χ4n) is 2.80. The normalized spacial score (nSPS) is 11.9. The smallest absolute Gasteiger partial charge is 0.150 e. The minimum atomic E-state index is -1.13. The Balaban J connectivity index is 1.90. The minimum absolute atomic E-state index is 0.354. The van der Waals surface area contributed by atoms with Crippen molar-refractivity contribution in [3.63, 3.8) is 0 Å². The molecule has 0 radical (unpaired) electrons. The Hall–Kier alpha value is -2.58. The standard InChI is InChI=1S/C19H25N5O2Si/c1-13-21-10-17(19(20)23-13)16-7-14-9-22-24(18(14)8-15(16)11-25)12-26-5-6-27(2,3)4/h7-11H,5-6,12H2,1-4H3,(H2,20,21,23). The van der Waals surface area contributed by atoms with E-state index in [1.54, 1.807) is 24.0 Å². The zero-order valence-corrected chi connectivity index (χ0v) is 17.2. The highest BCUT2D eigenvalue weighted by molar-refractivity contribution is 6.76. The van der Waals surface area contributed by atoms with E-state index in [1.807, 2.05) is 12.1 Å². The van der Waals surface area contributed by atoms with Crippen LogP contribution in [0, 0.1) is 6.92 Å². The maximum Gasteiger partial charge on any atom is 0.150 e. The largest absolute Gasteiger partial charge is 0.383 e. The third kappa shape index (κ3) is 4.40. The molecule has 0 saturated carbocycles. The van der Waals surface area contributed by atoms with Gasteiger partial charge in [-0.1, -0.05) is 19.6 Å². The van der Waals surface area contributed by atoms with Gasteiger partial charge in [0, 0.05) is 37.4 Å². The molecule has 0 atom stereocenters. The van der Waals surface area contributed by atoms with E-state index in [9.17, 15) is 4.79 Å². The fraction of sp³-hybridized carbons (Fsp3) is 0.368. The van der Waals surface area contributed by atoms with Crippen LogP contribution in [0.2, 0.25) is 25.7 Å². The molecule has 3 rings (SSSR count). The first kappa shape index (κ1) is 19.2. The van der Waals surface area contributed by atoms with Crippen LogP contribution in [-0.2, 0) is 11.5 Å². The minimum Gasteiger partial charge on any atom is -0.383 e. The zero-order chi connectivity index (χ0) is 19.6. The van der Waals surface area contributed by atoms with Crippen LogP contribution in [0.15, 0.2) is 24.5 Å². The molecule has 7 nitrogen and oxygen atoms in total. The number of hydrogen-bond donors (Lipinski definition) is 1. The van der Waals surface area contributed by atoms with Crippen molar-refractivity contribution < 1.29 is 9.53 Å². The van der Waals surface area contributed by atoms with E-state index < -0.39 is 8.07 Å². The topological polar surface area (TPSA) is 95.9 Å². The lowest BCUT2D eigenvalue weighted by Crippen LogP contribution is -2.22. The average Bonchev–Trinajstić information content (AvgIpc) is 2.99. The number of fused-ring (bicyclic) bond motifs is 1. The summed E-state index contributed by atoms with van der Waals surface area (Å²) in [6, 6.07) is 4.81. The predicted octanol–water partition coefficient (Wildman–Crippen LogP) is 3.51. The Kier molecular flexibility index (Phi) is 5.38. The molecule has 0 unspecified atom stereocenters. The molecule has 8 heteroatoms. The summed E-state index contributed by atoms with van der Waals surface area (Å²) in [7, 11) is -1.13. The van der Waals surface area contributed by atoms with Crippen molar-refractivity contribution in [2.75, 3.05) is 12.3 Å². The fourth-order valence-corrected chi connectivity index (χ4v) is 3.56. The van der Waals surface area contributed by atoms with Crippen LogP contribution in [-0.4, -0.2) is 40.7 Å². The van der Waals surface area contributed by atoms with Crippen LogP contribution in [0.3, 0.4) is 0 Å². The number of nitrogen functional groups attached to an aromatic ring is 1. The highest BCUT2D eigenvalue weighted by atomic mass is 28.3. The lowest BCUT2D eigenvalue weighted by atomic mass is 10.00. The predicted molar refractivity (Wildman–Crippen MR) is 109 cm³/mol. The summed E-state index contributed by atoms with van der Waals surface area (Å²) in [5.74, 6) is 0.945. The first-order chi connectivity index (χ1) is 12.8. The molecule has 0 spiro atoms. The lowest BCUT2D eigenvalue weighted by Gasteiger charge is -2.15. The average molecular weight is 384 g/mol. The molecule has 2 N–H and O–H groups in total. The van der Waals surface area contributed by atoms with Gasteiger partial charge < -0.3 is 10.5 Å². The van der Waals surface area contributed by atoms with E-state index in [2.05, 4.69) is 34.7 Å². The third-order valence-corrected chi connectivity index (χ3v) is 6.08. The van der Waals surface area contributed by atoms with Crippen LogP contribution in [0.1, 0.15) is 16.2 Å². The van der Waals surface area contributed by atoms with Crippen molar-refractivity contribution in [1.82, 2.24) is 19.7 Å². The molecule has 27 heavy (non-hydrogen) atoms. The molecule has 0 fully saturated rings. The summed E-state index contributed by atoms with van der Waals surface area (Å²) in [5.41, 5.74) is 8.75. The van der Waals surface area contributed by atoms with Gasteiger partial charge in [0.15, 0.2) is 6.29 Å². The van der Waals surface area contributed by atoms with Crippen molar-refractivity contribution in [3.8, 4) is 11.1 Å². The Morgan fingerprint density at radius 2 is 2.00 bits per heavy atom. The number of carbonyl (C=O) groups excluding carboxylic acids is 1. The first-order valence-electron chi connectivity index (χ1n) is 8.90. The molecule has 3 aromatic rings. The summed E-state index contributed by atoms with van der Waals surface area (Å²) in [6.45, 7) is 9.80. The van der Waals surface area contributed by atoms with Gasteiger partial charge in [-0.3, -0.25) is 4.79 Å². The molecule has 0 saturated heterocycles. The van der Waals surface area contributed by atoms with E-state index in [-0.39, 0.29) is 0 Å². The summed E-state index contributed by atoms with van der Waals surface area (Å²) in [5, 5.41) is 5.31. The molecule has 1 aromatic carbocycles. The molecule has 0 amide bonds. The number of nitrogens with zero attached hydrogens (tertiary/aromatic N) is 4.